The predicted molar refractivity (Wildman–Crippen MR) is 80.3 cm³/mol. The summed E-state index contributed by atoms with van der Waals surface area (Å²) in [4.78, 5) is 2.47. The third-order valence-electron chi connectivity index (χ3n) is 4.04. The highest BCUT2D eigenvalue weighted by molar-refractivity contribution is 7.07. The lowest BCUT2D eigenvalue weighted by Gasteiger charge is -2.35. The summed E-state index contributed by atoms with van der Waals surface area (Å²) >= 11 is 1.79. The number of likely N-dealkylation sites (tertiary alicyclic amines) is 1. The van der Waals surface area contributed by atoms with E-state index in [1.807, 2.05) is 0 Å². The summed E-state index contributed by atoms with van der Waals surface area (Å²) in [7, 11) is 2.24. The van der Waals surface area contributed by atoms with Gasteiger partial charge in [0.25, 0.3) is 0 Å². The minimum Gasteiger partial charge on any atom is -0.311 e. The van der Waals surface area contributed by atoms with Crippen LogP contribution >= 0.6 is 11.3 Å². The Kier molecular flexibility index (Phi) is 5.22. The molecule has 1 aliphatic heterocycles. The van der Waals surface area contributed by atoms with Crippen LogP contribution in [0.25, 0.3) is 0 Å². The number of thiophene rings is 1. The highest BCUT2D eigenvalue weighted by Gasteiger charge is 2.23. The standard InChI is InChI=1S/C15H26N2S/c1-12(9-14-6-8-18-11-14)16-13(2)15-5-4-7-17(3)10-15/h6,8,11-13,15-16H,4-5,7,9-10H2,1-3H3. The van der Waals surface area contributed by atoms with Gasteiger partial charge in [-0.1, -0.05) is 0 Å². The number of nitrogens with one attached hydrogen (secondary N) is 1. The van der Waals surface area contributed by atoms with Gasteiger partial charge in [-0.25, -0.2) is 0 Å². The van der Waals surface area contributed by atoms with Gasteiger partial charge in [0, 0.05) is 18.6 Å². The Balaban J connectivity index is 1.77. The van der Waals surface area contributed by atoms with Crippen molar-refractivity contribution in [1.29, 1.82) is 0 Å². The predicted octanol–water partition coefficient (Wildman–Crippen LogP) is 3.00. The molecular weight excluding hydrogens is 240 g/mol. The van der Waals surface area contributed by atoms with E-state index < -0.39 is 0 Å². The van der Waals surface area contributed by atoms with E-state index in [1.54, 1.807) is 11.3 Å². The average Bonchev–Trinajstić information content (AvgIpc) is 2.81. The molecule has 0 radical (unpaired) electrons. The highest BCUT2D eigenvalue weighted by Crippen LogP contribution is 2.19. The second kappa shape index (κ2) is 6.69. The fourth-order valence-electron chi connectivity index (χ4n) is 3.02. The molecule has 2 nitrogen and oxygen atoms in total. The molecule has 0 aliphatic carbocycles. The third-order valence-corrected chi connectivity index (χ3v) is 4.77. The summed E-state index contributed by atoms with van der Waals surface area (Å²) in [5.41, 5.74) is 1.47. The Labute approximate surface area is 115 Å². The molecule has 0 aromatic carbocycles. The molecule has 2 rings (SSSR count). The Morgan fingerprint density at radius 1 is 1.50 bits per heavy atom. The van der Waals surface area contributed by atoms with Crippen molar-refractivity contribution in [3.8, 4) is 0 Å². The van der Waals surface area contributed by atoms with E-state index in [2.05, 4.69) is 47.9 Å². The van der Waals surface area contributed by atoms with E-state index in [1.165, 1.54) is 31.5 Å². The van der Waals surface area contributed by atoms with Crippen molar-refractivity contribution < 1.29 is 0 Å². The van der Waals surface area contributed by atoms with Crippen molar-refractivity contribution in [2.45, 2.75) is 45.2 Å². The van der Waals surface area contributed by atoms with Crippen LogP contribution in [-0.4, -0.2) is 37.1 Å². The molecule has 1 aliphatic rings. The summed E-state index contributed by atoms with van der Waals surface area (Å²) in [6.45, 7) is 7.18. The zero-order chi connectivity index (χ0) is 13.0. The van der Waals surface area contributed by atoms with Crippen molar-refractivity contribution in [3.63, 3.8) is 0 Å². The zero-order valence-corrected chi connectivity index (χ0v) is 12.7. The first-order valence-electron chi connectivity index (χ1n) is 7.11. The molecule has 0 saturated carbocycles. The fourth-order valence-corrected chi connectivity index (χ4v) is 3.70. The van der Waals surface area contributed by atoms with Crippen molar-refractivity contribution >= 4 is 11.3 Å². The molecule has 102 valence electrons. The monoisotopic (exact) mass is 266 g/mol. The Bertz CT molecular complexity index is 336. The van der Waals surface area contributed by atoms with Crippen LogP contribution in [-0.2, 0) is 6.42 Å². The van der Waals surface area contributed by atoms with Crippen molar-refractivity contribution in [2.75, 3.05) is 20.1 Å². The average molecular weight is 266 g/mol. The minimum atomic E-state index is 0.571. The van der Waals surface area contributed by atoms with Crippen molar-refractivity contribution in [2.24, 2.45) is 5.92 Å². The van der Waals surface area contributed by atoms with Crippen LogP contribution in [0.15, 0.2) is 16.8 Å². The summed E-state index contributed by atoms with van der Waals surface area (Å²) in [6.07, 6.45) is 3.88. The topological polar surface area (TPSA) is 15.3 Å². The molecular formula is C15H26N2S. The van der Waals surface area contributed by atoms with Crippen LogP contribution in [0.1, 0.15) is 32.3 Å². The van der Waals surface area contributed by atoms with Gasteiger partial charge in [-0.2, -0.15) is 11.3 Å². The molecule has 1 fully saturated rings. The lowest BCUT2D eigenvalue weighted by atomic mass is 9.91. The zero-order valence-electron chi connectivity index (χ0n) is 11.9. The van der Waals surface area contributed by atoms with E-state index in [9.17, 15) is 0 Å². The van der Waals surface area contributed by atoms with Crippen LogP contribution in [0, 0.1) is 5.92 Å². The van der Waals surface area contributed by atoms with Gasteiger partial charge in [-0.3, -0.25) is 0 Å². The number of nitrogens with zero attached hydrogens (tertiary/aromatic N) is 1. The maximum absolute atomic E-state index is 3.79. The van der Waals surface area contributed by atoms with E-state index in [0.717, 1.165) is 12.3 Å². The summed E-state index contributed by atoms with van der Waals surface area (Å²) in [5, 5.41) is 8.22. The lowest BCUT2D eigenvalue weighted by molar-refractivity contribution is 0.174. The van der Waals surface area contributed by atoms with Crippen LogP contribution in [0.2, 0.25) is 0 Å². The molecule has 3 unspecified atom stereocenters. The molecule has 1 aromatic heterocycles. The van der Waals surface area contributed by atoms with Crippen LogP contribution in [0.5, 0.6) is 0 Å². The SMILES string of the molecule is CC(Cc1ccsc1)NC(C)C1CCCN(C)C1. The maximum atomic E-state index is 3.79. The molecule has 0 spiro atoms. The number of piperidine rings is 1. The molecule has 2 heterocycles. The van der Waals surface area contributed by atoms with Gasteiger partial charge in [-0.15, -0.1) is 0 Å². The van der Waals surface area contributed by atoms with Gasteiger partial charge in [0.15, 0.2) is 0 Å². The van der Waals surface area contributed by atoms with Gasteiger partial charge >= 0.3 is 0 Å². The summed E-state index contributed by atoms with van der Waals surface area (Å²) in [5.74, 6) is 0.814. The fraction of sp³-hybridized carbons (Fsp3) is 0.733. The van der Waals surface area contributed by atoms with E-state index in [4.69, 9.17) is 0 Å². The number of hydrogen-bond donors (Lipinski definition) is 1. The molecule has 3 atom stereocenters. The molecule has 0 amide bonds. The molecule has 1 N–H and O–H groups in total. The van der Waals surface area contributed by atoms with Gasteiger partial charge < -0.3 is 10.2 Å². The van der Waals surface area contributed by atoms with Crippen molar-refractivity contribution in [3.05, 3.63) is 22.4 Å². The summed E-state index contributed by atoms with van der Waals surface area (Å²) < 4.78 is 0. The van der Waals surface area contributed by atoms with Crippen LogP contribution < -0.4 is 5.32 Å². The van der Waals surface area contributed by atoms with Crippen molar-refractivity contribution in [1.82, 2.24) is 10.2 Å². The number of hydrogen-bond acceptors (Lipinski definition) is 3. The number of rotatable bonds is 5. The normalized spacial score (nSPS) is 24.9. The third kappa shape index (κ3) is 4.08. The lowest BCUT2D eigenvalue weighted by Crippen LogP contribution is -2.46. The minimum absolute atomic E-state index is 0.571. The van der Waals surface area contributed by atoms with Crippen LogP contribution in [0.4, 0.5) is 0 Å². The highest BCUT2D eigenvalue weighted by atomic mass is 32.1. The van der Waals surface area contributed by atoms with Gasteiger partial charge in [0.1, 0.15) is 0 Å². The van der Waals surface area contributed by atoms with E-state index >= 15 is 0 Å². The van der Waals surface area contributed by atoms with E-state index in [0.29, 0.717) is 12.1 Å². The Morgan fingerprint density at radius 3 is 3.00 bits per heavy atom. The quantitative estimate of drug-likeness (QED) is 0.881. The smallest absolute Gasteiger partial charge is 0.00820 e. The largest absolute Gasteiger partial charge is 0.311 e. The first-order chi connectivity index (χ1) is 8.65. The molecule has 1 aromatic rings. The first kappa shape index (κ1) is 14.0. The Morgan fingerprint density at radius 2 is 2.33 bits per heavy atom. The first-order valence-corrected chi connectivity index (χ1v) is 8.05. The second-order valence-corrected chi connectivity index (χ2v) is 6.64. The van der Waals surface area contributed by atoms with E-state index in [-0.39, 0.29) is 0 Å². The summed E-state index contributed by atoms with van der Waals surface area (Å²) in [6, 6.07) is 3.44. The second-order valence-electron chi connectivity index (χ2n) is 5.86. The van der Waals surface area contributed by atoms with Gasteiger partial charge in [0.2, 0.25) is 0 Å². The molecule has 18 heavy (non-hydrogen) atoms. The maximum Gasteiger partial charge on any atom is 0.00820 e. The van der Waals surface area contributed by atoms with Crippen LogP contribution in [0.3, 0.4) is 0 Å². The molecule has 1 saturated heterocycles. The molecule has 3 heteroatoms. The van der Waals surface area contributed by atoms with Gasteiger partial charge in [0.05, 0.1) is 0 Å². The molecule has 0 bridgehead atoms. The Hall–Kier alpha value is -0.380. The van der Waals surface area contributed by atoms with Gasteiger partial charge in [-0.05, 0) is 75.0 Å².